The van der Waals surface area contributed by atoms with E-state index < -0.39 is 0 Å². The van der Waals surface area contributed by atoms with Gasteiger partial charge in [0.15, 0.2) is 12.4 Å². The van der Waals surface area contributed by atoms with Crippen molar-refractivity contribution in [2.45, 2.75) is 32.1 Å². The molecule has 25 heavy (non-hydrogen) atoms. The first-order chi connectivity index (χ1) is 12.2. The molecule has 1 fully saturated rings. The molecule has 7 heteroatoms. The number of aromatic nitrogens is 2. The van der Waals surface area contributed by atoms with Gasteiger partial charge < -0.3 is 18.9 Å². The van der Waals surface area contributed by atoms with Crippen LogP contribution in [0.5, 0.6) is 11.5 Å². The molecule has 2 aromatic rings. The first kappa shape index (κ1) is 17.3. The zero-order valence-corrected chi connectivity index (χ0v) is 14.6. The fraction of sp³-hybridized carbons (Fsp3) is 0.500. The summed E-state index contributed by atoms with van der Waals surface area (Å²) >= 11 is 0. The Balaban J connectivity index is 1.46. The largest absolute Gasteiger partial charge is 0.497 e. The van der Waals surface area contributed by atoms with E-state index in [2.05, 4.69) is 10.1 Å². The summed E-state index contributed by atoms with van der Waals surface area (Å²) in [5, 5.41) is 3.94. The summed E-state index contributed by atoms with van der Waals surface area (Å²) in [6, 6.07) is 7.19. The van der Waals surface area contributed by atoms with Crippen LogP contribution >= 0.6 is 0 Å². The highest BCUT2D eigenvalue weighted by Gasteiger charge is 2.27. The third-order valence-electron chi connectivity index (χ3n) is 4.42. The van der Waals surface area contributed by atoms with Crippen LogP contribution in [0.2, 0.25) is 0 Å². The number of hydrogen-bond acceptors (Lipinski definition) is 6. The molecule has 1 aliphatic rings. The number of aryl methyl sites for hydroxylation is 1. The van der Waals surface area contributed by atoms with Gasteiger partial charge >= 0.3 is 0 Å². The molecular formula is C18H23N3O4. The van der Waals surface area contributed by atoms with Gasteiger partial charge in [-0.25, -0.2) is 0 Å². The third kappa shape index (κ3) is 4.29. The molecule has 1 amide bonds. The van der Waals surface area contributed by atoms with Crippen LogP contribution in [-0.2, 0) is 11.2 Å². The Kier molecular flexibility index (Phi) is 5.53. The van der Waals surface area contributed by atoms with Gasteiger partial charge in [-0.2, -0.15) is 4.98 Å². The van der Waals surface area contributed by atoms with Crippen LogP contribution in [0.1, 0.15) is 37.4 Å². The second kappa shape index (κ2) is 8.00. The number of benzene rings is 1. The fourth-order valence-corrected chi connectivity index (χ4v) is 2.86. The van der Waals surface area contributed by atoms with Gasteiger partial charge in [0.1, 0.15) is 11.5 Å². The molecular weight excluding hydrogens is 322 g/mol. The van der Waals surface area contributed by atoms with Crippen molar-refractivity contribution in [2.75, 3.05) is 26.8 Å². The molecule has 1 saturated heterocycles. The van der Waals surface area contributed by atoms with E-state index in [4.69, 9.17) is 14.0 Å². The average molecular weight is 345 g/mol. The van der Waals surface area contributed by atoms with Gasteiger partial charge in [0.2, 0.25) is 5.89 Å². The minimum absolute atomic E-state index is 0.00551. The normalized spacial score (nSPS) is 15.2. The van der Waals surface area contributed by atoms with Crippen molar-refractivity contribution < 1.29 is 18.8 Å². The summed E-state index contributed by atoms with van der Waals surface area (Å²) in [5.41, 5.74) is 0. The van der Waals surface area contributed by atoms with E-state index in [-0.39, 0.29) is 18.4 Å². The molecule has 0 atom stereocenters. The van der Waals surface area contributed by atoms with Crippen LogP contribution in [-0.4, -0.2) is 47.8 Å². The van der Waals surface area contributed by atoms with E-state index in [1.54, 1.807) is 31.4 Å². The summed E-state index contributed by atoms with van der Waals surface area (Å²) in [6.45, 7) is 3.40. The molecule has 0 N–H and O–H groups in total. The predicted octanol–water partition coefficient (Wildman–Crippen LogP) is 2.43. The first-order valence-corrected chi connectivity index (χ1v) is 8.56. The minimum Gasteiger partial charge on any atom is -0.497 e. The minimum atomic E-state index is -0.00551. The Morgan fingerprint density at radius 2 is 1.92 bits per heavy atom. The van der Waals surface area contributed by atoms with Crippen LogP contribution < -0.4 is 9.47 Å². The maximum Gasteiger partial charge on any atom is 0.260 e. The Morgan fingerprint density at radius 1 is 1.24 bits per heavy atom. The molecule has 1 aromatic carbocycles. The number of methoxy groups -OCH3 is 1. The smallest absolute Gasteiger partial charge is 0.260 e. The maximum atomic E-state index is 12.3. The molecule has 7 nitrogen and oxygen atoms in total. The summed E-state index contributed by atoms with van der Waals surface area (Å²) in [6.07, 6.45) is 2.43. The molecule has 1 aliphatic heterocycles. The average Bonchev–Trinajstić information content (AvgIpc) is 3.16. The number of piperidine rings is 1. The highest BCUT2D eigenvalue weighted by molar-refractivity contribution is 5.77. The number of likely N-dealkylation sites (tertiary alicyclic amines) is 1. The molecule has 0 bridgehead atoms. The van der Waals surface area contributed by atoms with Gasteiger partial charge in [0.25, 0.3) is 5.91 Å². The van der Waals surface area contributed by atoms with Gasteiger partial charge in [0, 0.05) is 25.4 Å². The molecule has 1 aromatic heterocycles. The topological polar surface area (TPSA) is 77.7 Å². The number of amides is 1. The highest BCUT2D eigenvalue weighted by Crippen LogP contribution is 2.27. The van der Waals surface area contributed by atoms with Gasteiger partial charge in [-0.15, -0.1) is 0 Å². The van der Waals surface area contributed by atoms with Crippen LogP contribution in [0.25, 0.3) is 0 Å². The fourth-order valence-electron chi connectivity index (χ4n) is 2.86. The van der Waals surface area contributed by atoms with E-state index in [9.17, 15) is 4.79 Å². The molecule has 2 heterocycles. The zero-order valence-electron chi connectivity index (χ0n) is 14.6. The molecule has 0 saturated carbocycles. The summed E-state index contributed by atoms with van der Waals surface area (Å²) in [5.74, 6) is 3.07. The van der Waals surface area contributed by atoms with Crippen LogP contribution in [0.3, 0.4) is 0 Å². The van der Waals surface area contributed by atoms with Crippen molar-refractivity contribution in [3.8, 4) is 11.5 Å². The number of rotatable bonds is 6. The van der Waals surface area contributed by atoms with Gasteiger partial charge in [-0.05, 0) is 37.1 Å². The molecule has 3 rings (SSSR count). The number of carbonyl (C=O) groups is 1. The van der Waals surface area contributed by atoms with E-state index >= 15 is 0 Å². The second-order valence-electron chi connectivity index (χ2n) is 6.02. The third-order valence-corrected chi connectivity index (χ3v) is 4.42. The summed E-state index contributed by atoms with van der Waals surface area (Å²) in [4.78, 5) is 18.5. The predicted molar refractivity (Wildman–Crippen MR) is 90.7 cm³/mol. The summed E-state index contributed by atoms with van der Waals surface area (Å²) < 4.78 is 16.0. The van der Waals surface area contributed by atoms with Crippen molar-refractivity contribution in [2.24, 2.45) is 0 Å². The lowest BCUT2D eigenvalue weighted by molar-refractivity contribution is -0.134. The quantitative estimate of drug-likeness (QED) is 0.800. The van der Waals surface area contributed by atoms with Gasteiger partial charge in [0.05, 0.1) is 7.11 Å². The van der Waals surface area contributed by atoms with Crippen molar-refractivity contribution >= 4 is 5.91 Å². The van der Waals surface area contributed by atoms with Crippen LogP contribution in [0.4, 0.5) is 0 Å². The number of ether oxygens (including phenoxy) is 2. The highest BCUT2D eigenvalue weighted by atomic mass is 16.5. The standard InChI is InChI=1S/C18H23N3O4/c1-3-16-19-18(25-20-16)13-8-10-21(11-9-13)17(22)12-24-15-6-4-14(23-2)5-7-15/h4-7,13H,3,8-12H2,1-2H3. The van der Waals surface area contributed by atoms with Crippen LogP contribution in [0.15, 0.2) is 28.8 Å². The SMILES string of the molecule is CCc1noc(C2CCN(C(=O)COc3ccc(OC)cc3)CC2)n1. The van der Waals surface area contributed by atoms with Crippen LogP contribution in [0, 0.1) is 0 Å². The van der Waals surface area contributed by atoms with Crippen molar-refractivity contribution in [3.63, 3.8) is 0 Å². The second-order valence-corrected chi connectivity index (χ2v) is 6.02. The number of nitrogens with zero attached hydrogens (tertiary/aromatic N) is 3. The van der Waals surface area contributed by atoms with E-state index in [1.165, 1.54) is 0 Å². The van der Waals surface area contributed by atoms with Gasteiger partial charge in [-0.3, -0.25) is 4.79 Å². The van der Waals surface area contributed by atoms with E-state index in [0.29, 0.717) is 24.7 Å². The van der Waals surface area contributed by atoms with Gasteiger partial charge in [-0.1, -0.05) is 12.1 Å². The molecule has 0 spiro atoms. The number of hydrogen-bond donors (Lipinski definition) is 0. The van der Waals surface area contributed by atoms with E-state index in [1.807, 2.05) is 11.8 Å². The van der Waals surface area contributed by atoms with E-state index in [0.717, 1.165) is 30.8 Å². The van der Waals surface area contributed by atoms with Crippen molar-refractivity contribution in [1.82, 2.24) is 15.0 Å². The monoisotopic (exact) mass is 345 g/mol. The Labute approximate surface area is 146 Å². The lowest BCUT2D eigenvalue weighted by Crippen LogP contribution is -2.40. The first-order valence-electron chi connectivity index (χ1n) is 8.56. The molecule has 0 unspecified atom stereocenters. The summed E-state index contributed by atoms with van der Waals surface area (Å²) in [7, 11) is 1.61. The maximum absolute atomic E-state index is 12.3. The molecule has 0 radical (unpaired) electrons. The van der Waals surface area contributed by atoms with Crippen molar-refractivity contribution in [3.05, 3.63) is 36.0 Å². The molecule has 134 valence electrons. The lowest BCUT2D eigenvalue weighted by Gasteiger charge is -2.30. The Bertz CT molecular complexity index is 691. The Morgan fingerprint density at radius 3 is 2.52 bits per heavy atom. The number of carbonyl (C=O) groups excluding carboxylic acids is 1. The zero-order chi connectivity index (χ0) is 17.6. The Hall–Kier alpha value is -2.57. The van der Waals surface area contributed by atoms with Crippen molar-refractivity contribution in [1.29, 1.82) is 0 Å². The molecule has 0 aliphatic carbocycles. The lowest BCUT2D eigenvalue weighted by atomic mass is 9.97.